The molecule has 0 fully saturated rings. The maximum atomic E-state index is 13.6. The van der Waals surface area contributed by atoms with Crippen LogP contribution >= 0.6 is 11.6 Å². The van der Waals surface area contributed by atoms with Gasteiger partial charge in [0.05, 0.1) is 24.5 Å². The summed E-state index contributed by atoms with van der Waals surface area (Å²) in [4.78, 5) is 16.1. The maximum Gasteiger partial charge on any atom is 0.437 e. The molecular weight excluding hydrogens is 477 g/mol. The van der Waals surface area contributed by atoms with Crippen LogP contribution in [-0.4, -0.2) is 32.5 Å². The number of nitrogens with one attached hydrogen (secondary N) is 1. The number of aromatic nitrogens is 2. The van der Waals surface area contributed by atoms with Gasteiger partial charge in [-0.15, -0.1) is 0 Å². The highest BCUT2D eigenvalue weighted by atomic mass is 35.5. The molecule has 0 aliphatic carbocycles. The molecule has 174 valence electrons. The molecule has 2 N–H and O–H groups in total. The van der Waals surface area contributed by atoms with Crippen molar-refractivity contribution in [3.8, 4) is 17.6 Å². The molecule has 0 bridgehead atoms. The number of hydrogen-bond acceptors (Lipinski definition) is 7. The van der Waals surface area contributed by atoms with E-state index in [1.54, 1.807) is 6.07 Å². The monoisotopic (exact) mass is 489 g/mol. The van der Waals surface area contributed by atoms with E-state index in [-0.39, 0.29) is 21.9 Å². The second-order valence-electron chi connectivity index (χ2n) is 6.88. The lowest BCUT2D eigenvalue weighted by Crippen LogP contribution is -2.39. The van der Waals surface area contributed by atoms with Gasteiger partial charge in [-0.25, -0.2) is 4.98 Å². The van der Waals surface area contributed by atoms with E-state index in [1.807, 2.05) is 5.43 Å². The third kappa shape index (κ3) is 5.47. The average Bonchev–Trinajstić information content (AvgIpc) is 2.70. The minimum Gasteiger partial charge on any atom is -0.449 e. The van der Waals surface area contributed by atoms with E-state index in [4.69, 9.17) is 21.6 Å². The number of benzene rings is 1. The lowest BCUT2D eigenvalue weighted by molar-refractivity contribution is -0.142. The van der Waals surface area contributed by atoms with Crippen LogP contribution in [0.25, 0.3) is 0 Å². The molecule has 1 aliphatic heterocycles. The third-order valence-corrected chi connectivity index (χ3v) is 4.49. The molecule has 1 unspecified atom stereocenters. The molecule has 0 spiro atoms. The fourth-order valence-corrected chi connectivity index (χ4v) is 2.96. The van der Waals surface area contributed by atoms with Crippen LogP contribution in [0.3, 0.4) is 0 Å². The summed E-state index contributed by atoms with van der Waals surface area (Å²) in [6, 6.07) is 5.12. The predicted molar refractivity (Wildman–Crippen MR) is 105 cm³/mol. The summed E-state index contributed by atoms with van der Waals surface area (Å²) < 4.78 is 73.3. The van der Waals surface area contributed by atoms with Crippen molar-refractivity contribution in [2.24, 2.45) is 5.10 Å². The number of allylic oxidation sites excluding steroid dienone is 1. The van der Waals surface area contributed by atoms with Gasteiger partial charge in [-0.3, -0.25) is 14.8 Å². The van der Waals surface area contributed by atoms with Crippen molar-refractivity contribution >= 4 is 17.3 Å². The number of hydrogen-bond donors (Lipinski definition) is 2. The Kier molecular flexibility index (Phi) is 6.44. The molecule has 1 aliphatic rings. The summed E-state index contributed by atoms with van der Waals surface area (Å²) in [6.45, 7) is -0.0554. The van der Waals surface area contributed by atoms with Gasteiger partial charge in [0.15, 0.2) is 11.9 Å². The molecule has 2 heterocycles. The summed E-state index contributed by atoms with van der Waals surface area (Å²) >= 11 is 5.82. The molecule has 33 heavy (non-hydrogen) atoms. The first-order valence-corrected chi connectivity index (χ1v) is 9.32. The molecule has 0 amide bonds. The number of hydrazone groups is 1. The summed E-state index contributed by atoms with van der Waals surface area (Å²) in [5.74, 6) is -4.95. The highest BCUT2D eigenvalue weighted by molar-refractivity contribution is 6.30. The van der Waals surface area contributed by atoms with Crippen molar-refractivity contribution in [2.75, 3.05) is 0 Å². The number of aliphatic hydroxyl groups is 1. The van der Waals surface area contributed by atoms with Crippen LogP contribution in [0.2, 0.25) is 5.02 Å². The van der Waals surface area contributed by atoms with Gasteiger partial charge in [-0.2, -0.15) is 32.3 Å². The number of halogens is 6. The quantitative estimate of drug-likeness (QED) is 0.622. The molecule has 14 heteroatoms. The van der Waals surface area contributed by atoms with Crippen LogP contribution in [-0.2, 0) is 12.7 Å². The highest BCUT2D eigenvalue weighted by Gasteiger charge is 2.39. The second kappa shape index (κ2) is 8.80. The average molecular weight is 490 g/mol. The van der Waals surface area contributed by atoms with Crippen molar-refractivity contribution in [3.05, 3.63) is 62.8 Å². The van der Waals surface area contributed by atoms with Crippen molar-refractivity contribution in [2.45, 2.75) is 31.8 Å². The van der Waals surface area contributed by atoms with E-state index in [0.717, 1.165) is 18.2 Å². The Hall–Kier alpha value is -3.50. The van der Waals surface area contributed by atoms with Crippen molar-refractivity contribution < 1.29 is 31.8 Å². The van der Waals surface area contributed by atoms with Crippen LogP contribution in [0.5, 0.6) is 11.5 Å². The van der Waals surface area contributed by atoms with Crippen LogP contribution in [0, 0.1) is 11.3 Å². The van der Waals surface area contributed by atoms with Crippen molar-refractivity contribution in [1.82, 2.24) is 15.0 Å². The topological polar surface area (TPSA) is 113 Å². The maximum absolute atomic E-state index is 13.6. The smallest absolute Gasteiger partial charge is 0.437 e. The lowest BCUT2D eigenvalue weighted by Gasteiger charge is -2.23. The fraction of sp³-hybridized carbons (Fsp3) is 0.263. The first kappa shape index (κ1) is 24.1. The Morgan fingerprint density at radius 1 is 1.30 bits per heavy atom. The largest absolute Gasteiger partial charge is 0.449 e. The molecular formula is C19H13ClF5N5O3. The van der Waals surface area contributed by atoms with Gasteiger partial charge in [-0.05, 0) is 24.3 Å². The summed E-state index contributed by atoms with van der Waals surface area (Å²) in [6.07, 6.45) is -5.30. The summed E-state index contributed by atoms with van der Waals surface area (Å²) in [5, 5.41) is 22.2. The van der Waals surface area contributed by atoms with Gasteiger partial charge in [-0.1, -0.05) is 11.6 Å². The number of alkyl halides is 5. The molecule has 0 radical (unpaired) electrons. The molecule has 2 aromatic rings. The number of aliphatic hydroxyl groups excluding tert-OH is 1. The molecule has 8 nitrogen and oxygen atoms in total. The van der Waals surface area contributed by atoms with E-state index >= 15 is 0 Å². The molecule has 0 saturated carbocycles. The van der Waals surface area contributed by atoms with Gasteiger partial charge in [0.1, 0.15) is 11.5 Å². The van der Waals surface area contributed by atoms with E-state index in [1.165, 1.54) is 6.07 Å². The normalized spacial score (nSPS) is 16.4. The third-order valence-electron chi connectivity index (χ3n) is 4.27. The van der Waals surface area contributed by atoms with Crippen LogP contribution in [0.1, 0.15) is 18.2 Å². The fourth-order valence-electron chi connectivity index (χ4n) is 2.73. The van der Waals surface area contributed by atoms with E-state index < -0.39 is 47.6 Å². The van der Waals surface area contributed by atoms with Crippen LogP contribution < -0.4 is 15.7 Å². The Morgan fingerprint density at radius 3 is 2.61 bits per heavy atom. The van der Waals surface area contributed by atoms with Crippen molar-refractivity contribution in [1.29, 1.82) is 5.26 Å². The van der Waals surface area contributed by atoms with Crippen LogP contribution in [0.4, 0.5) is 22.0 Å². The Morgan fingerprint density at radius 2 is 2.00 bits per heavy atom. The SMILES string of the molecule is CC(F)(F)C1=NNC(O)C(Cn2cnc(C(F)(F)F)c(Oc3cc(Cl)cc(C#N)c3)c2=O)=C1. The zero-order valence-corrected chi connectivity index (χ0v) is 17.2. The number of nitriles is 1. The Labute approximate surface area is 187 Å². The van der Waals surface area contributed by atoms with E-state index in [9.17, 15) is 31.9 Å². The first-order valence-electron chi connectivity index (χ1n) is 8.95. The molecule has 0 saturated heterocycles. The minimum absolute atomic E-state index is 0.0318. The van der Waals surface area contributed by atoms with Gasteiger partial charge in [0.25, 0.3) is 11.5 Å². The number of nitrogens with zero attached hydrogens (tertiary/aromatic N) is 4. The number of rotatable bonds is 5. The predicted octanol–water partition coefficient (Wildman–Crippen LogP) is 3.44. The van der Waals surface area contributed by atoms with Crippen molar-refractivity contribution in [3.63, 3.8) is 0 Å². The summed E-state index contributed by atoms with van der Waals surface area (Å²) in [7, 11) is 0. The van der Waals surface area contributed by atoms with Gasteiger partial charge in [0.2, 0.25) is 5.75 Å². The van der Waals surface area contributed by atoms with E-state index in [0.29, 0.717) is 17.8 Å². The highest BCUT2D eigenvalue weighted by Crippen LogP contribution is 2.35. The lowest BCUT2D eigenvalue weighted by atomic mass is 10.1. The molecule has 3 rings (SSSR count). The zero-order chi connectivity index (χ0) is 24.6. The van der Waals surface area contributed by atoms with Gasteiger partial charge < -0.3 is 9.84 Å². The minimum atomic E-state index is -5.08. The molecule has 1 atom stereocenters. The van der Waals surface area contributed by atoms with Gasteiger partial charge in [0, 0.05) is 17.5 Å². The first-order chi connectivity index (χ1) is 15.3. The van der Waals surface area contributed by atoms with Gasteiger partial charge >= 0.3 is 6.18 Å². The standard InChI is InChI=1S/C19H13ClF5N5O3/c1-18(21,22)13-4-10(16(31)29-28-13)7-30-8-27-15(19(23,24)25)14(17(30)32)33-12-3-9(6-26)2-11(20)5-12/h2-5,8,16,29,31H,7H2,1H3. The molecule has 1 aromatic carbocycles. The Balaban J connectivity index is 2.07. The Bertz CT molecular complexity index is 1240. The summed E-state index contributed by atoms with van der Waals surface area (Å²) in [5.41, 5.74) is -1.92. The zero-order valence-electron chi connectivity index (χ0n) is 16.5. The van der Waals surface area contributed by atoms with E-state index in [2.05, 4.69) is 10.1 Å². The second-order valence-corrected chi connectivity index (χ2v) is 7.32. The molecule has 1 aromatic heterocycles. The van der Waals surface area contributed by atoms with Crippen LogP contribution in [0.15, 0.2) is 46.1 Å². The number of ether oxygens (including phenoxy) is 1.